The molecule has 1 aromatic carbocycles. The van der Waals surface area contributed by atoms with Crippen molar-refractivity contribution in [2.75, 3.05) is 18.1 Å². The van der Waals surface area contributed by atoms with Gasteiger partial charge in [-0.05, 0) is 37.8 Å². The van der Waals surface area contributed by atoms with Crippen molar-refractivity contribution in [1.29, 1.82) is 0 Å². The van der Waals surface area contributed by atoms with Crippen LogP contribution in [-0.2, 0) is 14.3 Å². The third-order valence-electron chi connectivity index (χ3n) is 3.85. The first-order chi connectivity index (χ1) is 11.1. The molecular formula is C18H22NNaO4. The number of rotatable bonds is 8. The van der Waals surface area contributed by atoms with Crippen LogP contribution in [0.5, 0.6) is 0 Å². The molecule has 0 heterocycles. The van der Waals surface area contributed by atoms with Gasteiger partial charge in [0.15, 0.2) is 0 Å². The standard InChI is InChI=1S/C18H23NO4.Na/c1-2-3-12-23-18(22)15-10-7-11-16(15)19(13-17(20)21)14-8-5-4-6-9-14;/h4-6,8-9H,2-3,7,10-13H2,1H3,(H,20,21);/q;+1/p-1. The molecule has 124 valence electrons. The van der Waals surface area contributed by atoms with Crippen LogP contribution in [0.2, 0.25) is 0 Å². The Morgan fingerprint density at radius 1 is 1.21 bits per heavy atom. The summed E-state index contributed by atoms with van der Waals surface area (Å²) < 4.78 is 5.30. The molecule has 0 spiro atoms. The maximum Gasteiger partial charge on any atom is 1.00 e. The second-order valence-electron chi connectivity index (χ2n) is 5.56. The van der Waals surface area contributed by atoms with Crippen molar-refractivity contribution in [3.63, 3.8) is 0 Å². The summed E-state index contributed by atoms with van der Waals surface area (Å²) in [5.41, 5.74) is 2.07. The largest absolute Gasteiger partial charge is 1.00 e. The summed E-state index contributed by atoms with van der Waals surface area (Å²) in [6, 6.07) is 9.20. The molecule has 0 bridgehead atoms. The minimum atomic E-state index is -1.17. The van der Waals surface area contributed by atoms with E-state index in [4.69, 9.17) is 4.74 Å². The fraction of sp³-hybridized carbons (Fsp3) is 0.444. The molecule has 0 fully saturated rings. The number of nitrogens with zero attached hydrogens (tertiary/aromatic N) is 1. The first-order valence-corrected chi connectivity index (χ1v) is 8.05. The molecule has 6 heteroatoms. The Morgan fingerprint density at radius 2 is 1.92 bits per heavy atom. The van der Waals surface area contributed by atoms with Gasteiger partial charge in [0, 0.05) is 11.4 Å². The van der Waals surface area contributed by atoms with Crippen LogP contribution in [0.3, 0.4) is 0 Å². The second-order valence-corrected chi connectivity index (χ2v) is 5.56. The number of carbonyl (C=O) groups is 2. The monoisotopic (exact) mass is 339 g/mol. The number of carbonyl (C=O) groups excluding carboxylic acids is 2. The smallest absolute Gasteiger partial charge is 0.548 e. The van der Waals surface area contributed by atoms with Gasteiger partial charge in [0.05, 0.1) is 24.7 Å². The maximum absolute atomic E-state index is 12.3. The van der Waals surface area contributed by atoms with E-state index in [-0.39, 0.29) is 42.1 Å². The Morgan fingerprint density at radius 3 is 2.54 bits per heavy atom. The average molecular weight is 339 g/mol. The molecule has 0 aliphatic heterocycles. The van der Waals surface area contributed by atoms with Gasteiger partial charge in [0.25, 0.3) is 0 Å². The number of allylic oxidation sites excluding steroid dienone is 1. The second kappa shape index (κ2) is 10.5. The zero-order valence-electron chi connectivity index (χ0n) is 14.4. The molecule has 0 saturated heterocycles. The molecule has 1 aromatic rings. The van der Waals surface area contributed by atoms with Crippen LogP contribution in [-0.4, -0.2) is 25.1 Å². The van der Waals surface area contributed by atoms with Crippen LogP contribution in [0, 0.1) is 0 Å². The molecule has 1 aliphatic carbocycles. The molecular weight excluding hydrogens is 317 g/mol. The number of ether oxygens (including phenoxy) is 1. The van der Waals surface area contributed by atoms with E-state index in [2.05, 4.69) is 0 Å². The molecule has 24 heavy (non-hydrogen) atoms. The number of esters is 1. The van der Waals surface area contributed by atoms with Gasteiger partial charge in [-0.1, -0.05) is 31.5 Å². The Hall–Kier alpha value is -1.30. The van der Waals surface area contributed by atoms with Crippen molar-refractivity contribution < 1.29 is 49.0 Å². The Balaban J connectivity index is 0.00000288. The third-order valence-corrected chi connectivity index (χ3v) is 3.85. The predicted molar refractivity (Wildman–Crippen MR) is 85.5 cm³/mol. The van der Waals surface area contributed by atoms with E-state index >= 15 is 0 Å². The minimum absolute atomic E-state index is 0. The van der Waals surface area contributed by atoms with Gasteiger partial charge in [0.1, 0.15) is 0 Å². The molecule has 0 amide bonds. The van der Waals surface area contributed by atoms with Crippen molar-refractivity contribution >= 4 is 17.6 Å². The molecule has 0 atom stereocenters. The van der Waals surface area contributed by atoms with E-state index in [1.807, 2.05) is 37.3 Å². The summed E-state index contributed by atoms with van der Waals surface area (Å²) >= 11 is 0. The molecule has 2 rings (SSSR count). The average Bonchev–Trinajstić information content (AvgIpc) is 3.03. The van der Waals surface area contributed by atoms with Crippen molar-refractivity contribution in [3.05, 3.63) is 41.6 Å². The number of carboxylic acids is 1. The van der Waals surface area contributed by atoms with E-state index in [0.717, 1.165) is 30.6 Å². The van der Waals surface area contributed by atoms with E-state index in [9.17, 15) is 14.7 Å². The summed E-state index contributed by atoms with van der Waals surface area (Å²) in [7, 11) is 0. The third kappa shape index (κ3) is 5.65. The topological polar surface area (TPSA) is 69.7 Å². The number of para-hydroxylation sites is 1. The maximum atomic E-state index is 12.3. The van der Waals surface area contributed by atoms with Gasteiger partial charge in [-0.3, -0.25) is 0 Å². The van der Waals surface area contributed by atoms with Crippen molar-refractivity contribution in [3.8, 4) is 0 Å². The Kier molecular flexibility index (Phi) is 9.11. The van der Waals surface area contributed by atoms with E-state index in [1.165, 1.54) is 0 Å². The summed E-state index contributed by atoms with van der Waals surface area (Å²) in [6.07, 6.45) is 3.90. The number of carboxylic acid groups (broad SMARTS) is 1. The van der Waals surface area contributed by atoms with Crippen LogP contribution in [0.1, 0.15) is 39.0 Å². The predicted octanol–water partition coefficient (Wildman–Crippen LogP) is -0.972. The zero-order chi connectivity index (χ0) is 16.7. The molecule has 0 aromatic heterocycles. The van der Waals surface area contributed by atoms with Gasteiger partial charge in [-0.2, -0.15) is 0 Å². The number of hydrogen-bond donors (Lipinski definition) is 0. The van der Waals surface area contributed by atoms with Crippen LogP contribution < -0.4 is 39.6 Å². The van der Waals surface area contributed by atoms with Gasteiger partial charge in [0.2, 0.25) is 0 Å². The van der Waals surface area contributed by atoms with Crippen LogP contribution in [0.25, 0.3) is 0 Å². The number of unbranched alkanes of at least 4 members (excludes halogenated alkanes) is 1. The van der Waals surface area contributed by atoms with Gasteiger partial charge in [-0.15, -0.1) is 0 Å². The van der Waals surface area contributed by atoms with Gasteiger partial charge in [-0.25, -0.2) is 4.79 Å². The van der Waals surface area contributed by atoms with Crippen LogP contribution in [0.15, 0.2) is 41.6 Å². The number of hydrogen-bond acceptors (Lipinski definition) is 5. The number of aliphatic carboxylic acids is 1. The molecule has 5 nitrogen and oxygen atoms in total. The van der Waals surface area contributed by atoms with E-state index in [0.29, 0.717) is 25.0 Å². The molecule has 0 unspecified atom stereocenters. The SMILES string of the molecule is CCCCOC(=O)C1=C(N(CC(=O)[O-])c2ccccc2)CCC1.[Na+]. The minimum Gasteiger partial charge on any atom is -0.548 e. The number of anilines is 1. The molecule has 1 aliphatic rings. The van der Waals surface area contributed by atoms with E-state index < -0.39 is 5.97 Å². The summed E-state index contributed by atoms with van der Waals surface area (Å²) in [5, 5.41) is 11.1. The fourth-order valence-electron chi connectivity index (χ4n) is 2.72. The first-order valence-electron chi connectivity index (χ1n) is 8.05. The molecule has 0 radical (unpaired) electrons. The van der Waals surface area contributed by atoms with E-state index in [1.54, 1.807) is 4.90 Å². The van der Waals surface area contributed by atoms with Crippen molar-refractivity contribution in [2.45, 2.75) is 39.0 Å². The van der Waals surface area contributed by atoms with Gasteiger partial charge < -0.3 is 19.5 Å². The number of benzene rings is 1. The molecule has 0 N–H and O–H groups in total. The molecule has 0 saturated carbocycles. The fourth-order valence-corrected chi connectivity index (χ4v) is 2.72. The normalized spacial score (nSPS) is 13.4. The Bertz CT molecular complexity index is 586. The quantitative estimate of drug-likeness (QED) is 0.346. The van der Waals surface area contributed by atoms with Gasteiger partial charge >= 0.3 is 35.5 Å². The van der Waals surface area contributed by atoms with Crippen LogP contribution in [0.4, 0.5) is 5.69 Å². The van der Waals surface area contributed by atoms with Crippen LogP contribution >= 0.6 is 0 Å². The Labute approximate surface area is 165 Å². The summed E-state index contributed by atoms with van der Waals surface area (Å²) in [6.45, 7) is 2.16. The summed E-state index contributed by atoms with van der Waals surface area (Å²) in [5.74, 6) is -1.50. The summed E-state index contributed by atoms with van der Waals surface area (Å²) in [4.78, 5) is 25.1. The van der Waals surface area contributed by atoms with Crippen molar-refractivity contribution in [2.24, 2.45) is 0 Å². The first kappa shape index (κ1) is 20.7. The zero-order valence-corrected chi connectivity index (χ0v) is 16.4. The van der Waals surface area contributed by atoms with Crippen molar-refractivity contribution in [1.82, 2.24) is 0 Å².